The van der Waals surface area contributed by atoms with Gasteiger partial charge in [0.25, 0.3) is 0 Å². The molecule has 2 aromatic carbocycles. The number of benzene rings is 2. The van der Waals surface area contributed by atoms with Crippen LogP contribution in [-0.2, 0) is 16.9 Å². The van der Waals surface area contributed by atoms with Crippen molar-refractivity contribution in [3.05, 3.63) is 88.8 Å². The van der Waals surface area contributed by atoms with Gasteiger partial charge in [-0.05, 0) is 74.7 Å². The van der Waals surface area contributed by atoms with Crippen molar-refractivity contribution in [1.29, 1.82) is 0 Å². The average Bonchev–Trinajstić information content (AvgIpc) is 3.12. The van der Waals surface area contributed by atoms with Crippen LogP contribution in [0.5, 0.6) is 11.5 Å². The van der Waals surface area contributed by atoms with Gasteiger partial charge in [-0.25, -0.2) is 4.79 Å². The van der Waals surface area contributed by atoms with Crippen LogP contribution in [0.1, 0.15) is 66.5 Å². The van der Waals surface area contributed by atoms with Crippen LogP contribution in [-0.4, -0.2) is 42.7 Å². The Morgan fingerprint density at radius 3 is 2.80 bits per heavy atom. The van der Waals surface area contributed by atoms with E-state index in [0.29, 0.717) is 6.61 Å². The summed E-state index contributed by atoms with van der Waals surface area (Å²) in [6.45, 7) is 5.50. The number of methoxy groups -OCH3 is 1. The quantitative estimate of drug-likeness (QED) is 0.332. The summed E-state index contributed by atoms with van der Waals surface area (Å²) in [5.41, 5.74) is 7.03. The van der Waals surface area contributed by atoms with E-state index in [4.69, 9.17) is 14.2 Å². The van der Waals surface area contributed by atoms with Gasteiger partial charge in [-0.1, -0.05) is 30.2 Å². The van der Waals surface area contributed by atoms with Crippen molar-refractivity contribution in [2.75, 3.05) is 32.1 Å². The number of nitrogens with zero attached hydrogens (tertiary/aromatic N) is 2. The number of hydrogen-bond donors (Lipinski definition) is 1. The monoisotopic (exact) mass is 539 g/mol. The highest BCUT2D eigenvalue weighted by molar-refractivity contribution is 5.89. The van der Waals surface area contributed by atoms with Crippen molar-refractivity contribution in [2.45, 2.75) is 57.7 Å². The van der Waals surface area contributed by atoms with Gasteiger partial charge in [0.15, 0.2) is 0 Å². The maximum atomic E-state index is 12.3. The number of pyridine rings is 1. The van der Waals surface area contributed by atoms with Gasteiger partial charge in [-0.3, -0.25) is 10.3 Å². The number of unbranched alkanes of at least 4 members (excludes halogenated alkanes) is 3. The van der Waals surface area contributed by atoms with Gasteiger partial charge >= 0.3 is 6.09 Å². The number of anilines is 1. The van der Waals surface area contributed by atoms with E-state index in [0.717, 1.165) is 97.7 Å². The first-order valence-electron chi connectivity index (χ1n) is 14.3. The Hall–Kier alpha value is -3.84. The second kappa shape index (κ2) is 11.3. The summed E-state index contributed by atoms with van der Waals surface area (Å²) in [7, 11) is 1.69. The third-order valence-electron chi connectivity index (χ3n) is 8.40. The minimum Gasteiger partial charge on any atom is -0.497 e. The van der Waals surface area contributed by atoms with Gasteiger partial charge in [0, 0.05) is 48.8 Å². The number of carbonyl (C=O) groups is 1. The highest BCUT2D eigenvalue weighted by atomic mass is 16.6. The van der Waals surface area contributed by atoms with Crippen molar-refractivity contribution in [3.8, 4) is 11.5 Å². The Kier molecular flexibility index (Phi) is 7.48. The molecule has 3 aromatic rings. The molecule has 0 saturated carbocycles. The lowest BCUT2D eigenvalue weighted by atomic mass is 9.81. The molecule has 0 aliphatic carbocycles. The Labute approximate surface area is 236 Å². The maximum absolute atomic E-state index is 12.3. The number of amides is 1. The van der Waals surface area contributed by atoms with E-state index in [-0.39, 0.29) is 6.09 Å². The molecule has 1 N–H and O–H groups in total. The van der Waals surface area contributed by atoms with Crippen LogP contribution < -0.4 is 14.8 Å². The lowest BCUT2D eigenvalue weighted by Crippen LogP contribution is -2.48. The number of likely N-dealkylation sites (tertiary alicyclic amines) is 1. The van der Waals surface area contributed by atoms with Crippen LogP contribution in [0.4, 0.5) is 10.5 Å². The summed E-state index contributed by atoms with van der Waals surface area (Å²) in [5.74, 6) is 1.69. The Morgan fingerprint density at radius 1 is 1.07 bits per heavy atom. The molecule has 3 aliphatic heterocycles. The van der Waals surface area contributed by atoms with Gasteiger partial charge in [0.1, 0.15) is 23.7 Å². The Morgan fingerprint density at radius 2 is 1.95 bits per heavy atom. The molecule has 4 heterocycles. The van der Waals surface area contributed by atoms with E-state index >= 15 is 0 Å². The van der Waals surface area contributed by atoms with Gasteiger partial charge in [0.2, 0.25) is 0 Å². The largest absolute Gasteiger partial charge is 0.497 e. The third-order valence-corrected chi connectivity index (χ3v) is 8.40. The molecular weight excluding hydrogens is 502 g/mol. The van der Waals surface area contributed by atoms with Crippen LogP contribution in [0.3, 0.4) is 0 Å². The highest BCUT2D eigenvalue weighted by Crippen LogP contribution is 2.44. The zero-order valence-electron chi connectivity index (χ0n) is 23.4. The average molecular weight is 540 g/mol. The van der Waals surface area contributed by atoms with Gasteiger partial charge in [-0.2, -0.15) is 0 Å². The molecule has 0 radical (unpaired) electrons. The van der Waals surface area contributed by atoms with Crippen molar-refractivity contribution in [3.63, 3.8) is 0 Å². The first-order chi connectivity index (χ1) is 19.5. The number of carbonyl (C=O) groups excluding carboxylic acids is 1. The second-order valence-electron chi connectivity index (χ2n) is 11.0. The highest BCUT2D eigenvalue weighted by Gasteiger charge is 2.44. The van der Waals surface area contributed by atoms with Crippen LogP contribution in [0.25, 0.3) is 5.57 Å². The molecule has 7 nitrogen and oxygen atoms in total. The molecule has 40 heavy (non-hydrogen) atoms. The van der Waals surface area contributed by atoms with Crippen LogP contribution in [0.15, 0.2) is 60.8 Å². The molecule has 6 rings (SSSR count). The van der Waals surface area contributed by atoms with Crippen molar-refractivity contribution in [1.82, 2.24) is 9.88 Å². The number of nitrogens with one attached hydrogen (secondary N) is 1. The summed E-state index contributed by atoms with van der Waals surface area (Å²) in [6.07, 6.45) is 9.92. The van der Waals surface area contributed by atoms with Crippen molar-refractivity contribution >= 4 is 17.4 Å². The van der Waals surface area contributed by atoms with Crippen molar-refractivity contribution < 1.29 is 19.0 Å². The predicted octanol–water partition coefficient (Wildman–Crippen LogP) is 6.84. The van der Waals surface area contributed by atoms with E-state index in [1.807, 2.05) is 36.5 Å². The molecule has 1 spiro atoms. The molecule has 208 valence electrons. The van der Waals surface area contributed by atoms with Gasteiger partial charge in [-0.15, -0.1) is 0 Å². The van der Waals surface area contributed by atoms with Gasteiger partial charge < -0.3 is 19.1 Å². The Bertz CT molecular complexity index is 1420. The topological polar surface area (TPSA) is 72.9 Å². The first-order valence-corrected chi connectivity index (χ1v) is 14.3. The van der Waals surface area contributed by atoms with Crippen molar-refractivity contribution in [2.24, 2.45) is 0 Å². The smallest absolute Gasteiger partial charge is 0.412 e. The summed E-state index contributed by atoms with van der Waals surface area (Å²) in [4.78, 5) is 19.4. The van der Waals surface area contributed by atoms with Crippen LogP contribution >= 0.6 is 0 Å². The molecule has 3 aliphatic rings. The fraction of sp³-hybridized carbons (Fsp3) is 0.394. The minimum absolute atomic E-state index is 0.335. The molecule has 1 aromatic heterocycles. The molecule has 1 saturated heterocycles. The minimum atomic E-state index is -0.501. The number of ether oxygens (including phenoxy) is 3. The number of aryl methyl sites for hydroxylation is 1. The molecule has 0 atom stereocenters. The number of piperidine rings is 1. The maximum Gasteiger partial charge on any atom is 0.412 e. The molecule has 0 bridgehead atoms. The van der Waals surface area contributed by atoms with E-state index in [1.54, 1.807) is 7.11 Å². The number of aromatic nitrogens is 1. The van der Waals surface area contributed by atoms with E-state index in [2.05, 4.69) is 46.4 Å². The number of rotatable bonds is 7. The predicted molar refractivity (Wildman–Crippen MR) is 156 cm³/mol. The molecule has 1 amide bonds. The fourth-order valence-electron chi connectivity index (χ4n) is 6.21. The zero-order valence-corrected chi connectivity index (χ0v) is 23.4. The van der Waals surface area contributed by atoms with E-state index in [1.165, 1.54) is 11.1 Å². The summed E-state index contributed by atoms with van der Waals surface area (Å²) >= 11 is 0. The van der Waals surface area contributed by atoms with Crippen LogP contribution in [0.2, 0.25) is 0 Å². The number of fused-ring (bicyclic) bond motifs is 4. The SMILES string of the molecule is COc1ccc2c(c1)/C(=C/CCCCCN1CCC3(CC1)OC(=O)Nc1ccc(C)cc13)c1cccnc1CO2. The lowest BCUT2D eigenvalue weighted by Gasteiger charge is -2.44. The third kappa shape index (κ3) is 5.30. The normalized spacial score (nSPS) is 18.6. The number of hydrogen-bond acceptors (Lipinski definition) is 6. The fourth-order valence-corrected chi connectivity index (χ4v) is 6.21. The molecular formula is C33H37N3O4. The van der Waals surface area contributed by atoms with E-state index in [9.17, 15) is 4.79 Å². The van der Waals surface area contributed by atoms with E-state index < -0.39 is 5.60 Å². The second-order valence-corrected chi connectivity index (χ2v) is 11.0. The summed E-state index contributed by atoms with van der Waals surface area (Å²) in [6, 6.07) is 16.3. The summed E-state index contributed by atoms with van der Waals surface area (Å²) < 4.78 is 17.5. The number of allylic oxidation sites excluding steroid dienone is 1. The molecule has 1 fully saturated rings. The van der Waals surface area contributed by atoms with Crippen LogP contribution in [0, 0.1) is 6.92 Å². The summed E-state index contributed by atoms with van der Waals surface area (Å²) in [5, 5.41) is 2.87. The molecule has 7 heteroatoms. The lowest BCUT2D eigenvalue weighted by molar-refractivity contribution is -0.0380. The van der Waals surface area contributed by atoms with Gasteiger partial charge in [0.05, 0.1) is 18.5 Å². The zero-order chi connectivity index (χ0) is 27.5. The first kappa shape index (κ1) is 26.4. The Balaban J connectivity index is 1.04. The standard InChI is InChI=1S/C33H37N3O4/c1-23-10-12-29-28(20-23)33(40-32(37)35-29)14-18-36(19-15-33)17-6-4-3-5-8-25-26-9-7-16-34-30(26)22-39-31-13-11-24(38-2)21-27(25)31/h7-13,16,20-21H,3-6,14-15,17-19,22H2,1-2H3,(H,35,37)/b25-8+. The molecule has 0 unspecified atom stereocenters.